The smallest absolute Gasteiger partial charge is 0.303 e. The third kappa shape index (κ3) is 2.51. The van der Waals surface area contributed by atoms with Gasteiger partial charge in [0.15, 0.2) is 5.82 Å². The second-order valence-electron chi connectivity index (χ2n) is 3.97. The van der Waals surface area contributed by atoms with Gasteiger partial charge in [0.2, 0.25) is 0 Å². The highest BCUT2D eigenvalue weighted by Crippen LogP contribution is 2.27. The van der Waals surface area contributed by atoms with Crippen molar-refractivity contribution in [2.24, 2.45) is 5.92 Å². The number of hydrogen-bond acceptors (Lipinski definition) is 4. The van der Waals surface area contributed by atoms with Crippen molar-refractivity contribution >= 4 is 5.97 Å². The Balaban J connectivity index is 1.91. The molecule has 0 spiro atoms. The summed E-state index contributed by atoms with van der Waals surface area (Å²) in [4.78, 5) is 10.4. The molecule has 1 saturated carbocycles. The van der Waals surface area contributed by atoms with Crippen LogP contribution in [0.2, 0.25) is 0 Å². The minimum Gasteiger partial charge on any atom is -0.481 e. The quantitative estimate of drug-likeness (QED) is 0.764. The molecule has 0 unspecified atom stereocenters. The number of aliphatic carboxylic acids is 1. The molecule has 1 aliphatic carbocycles. The Kier molecular flexibility index (Phi) is 2.94. The van der Waals surface area contributed by atoms with Crippen LogP contribution in [0.5, 0.6) is 0 Å². The van der Waals surface area contributed by atoms with Gasteiger partial charge in [0, 0.05) is 13.0 Å². The molecule has 0 radical (unpaired) electrons. The maximum atomic E-state index is 10.4. The van der Waals surface area contributed by atoms with E-state index in [4.69, 9.17) is 5.11 Å². The zero-order valence-corrected chi connectivity index (χ0v) is 8.46. The average Bonchev–Trinajstić information content (AvgIpc) is 2.55. The van der Waals surface area contributed by atoms with Crippen LogP contribution in [-0.2, 0) is 17.8 Å². The number of carboxylic acids is 1. The van der Waals surface area contributed by atoms with Gasteiger partial charge in [-0.3, -0.25) is 4.79 Å². The molecule has 1 heterocycles. The molecular weight excluding hydrogens is 196 g/mol. The van der Waals surface area contributed by atoms with Gasteiger partial charge in [-0.15, -0.1) is 5.10 Å². The fourth-order valence-corrected chi connectivity index (χ4v) is 1.68. The highest BCUT2D eigenvalue weighted by Gasteiger charge is 2.20. The molecule has 0 atom stereocenters. The molecule has 0 saturated heterocycles. The van der Waals surface area contributed by atoms with Crippen molar-refractivity contribution in [1.82, 2.24) is 20.2 Å². The molecule has 6 heteroatoms. The summed E-state index contributed by atoms with van der Waals surface area (Å²) in [5, 5.41) is 19.9. The largest absolute Gasteiger partial charge is 0.481 e. The minimum absolute atomic E-state index is 0.0883. The number of aryl methyl sites for hydroxylation is 1. The molecule has 6 nitrogen and oxygen atoms in total. The Morgan fingerprint density at radius 1 is 1.53 bits per heavy atom. The van der Waals surface area contributed by atoms with Crippen molar-refractivity contribution < 1.29 is 9.90 Å². The first-order valence-corrected chi connectivity index (χ1v) is 5.22. The van der Waals surface area contributed by atoms with Gasteiger partial charge in [-0.2, -0.15) is 0 Å². The van der Waals surface area contributed by atoms with Crippen molar-refractivity contribution in [2.45, 2.75) is 38.6 Å². The van der Waals surface area contributed by atoms with Crippen LogP contribution in [0.4, 0.5) is 0 Å². The third-order valence-electron chi connectivity index (χ3n) is 2.82. The van der Waals surface area contributed by atoms with E-state index < -0.39 is 5.97 Å². The fraction of sp³-hybridized carbons (Fsp3) is 0.778. The summed E-state index contributed by atoms with van der Waals surface area (Å²) in [5.74, 6) is 0.551. The molecular formula is C9H14N4O2. The van der Waals surface area contributed by atoms with Gasteiger partial charge in [0.1, 0.15) is 0 Å². The second-order valence-corrected chi connectivity index (χ2v) is 3.97. The first-order valence-electron chi connectivity index (χ1n) is 5.22. The van der Waals surface area contributed by atoms with Crippen LogP contribution in [0, 0.1) is 5.92 Å². The van der Waals surface area contributed by atoms with Crippen molar-refractivity contribution in [3.63, 3.8) is 0 Å². The molecule has 1 aromatic heterocycles. The molecule has 1 N–H and O–H groups in total. The molecule has 1 fully saturated rings. The standard InChI is InChI=1S/C9H14N4O2/c14-9(15)5-4-8-10-11-12-13(8)6-7-2-1-3-7/h7H,1-6H2,(H,14,15). The van der Waals surface area contributed by atoms with Crippen LogP contribution in [0.3, 0.4) is 0 Å². The first kappa shape index (κ1) is 10.1. The predicted molar refractivity (Wildman–Crippen MR) is 51.1 cm³/mol. The normalized spacial score (nSPS) is 16.3. The molecule has 0 aliphatic heterocycles. The van der Waals surface area contributed by atoms with Crippen molar-refractivity contribution in [3.05, 3.63) is 5.82 Å². The summed E-state index contributed by atoms with van der Waals surface area (Å²) in [6.45, 7) is 0.835. The zero-order valence-electron chi connectivity index (χ0n) is 8.46. The van der Waals surface area contributed by atoms with E-state index in [1.54, 1.807) is 4.68 Å². The Hall–Kier alpha value is -1.46. The molecule has 0 aromatic carbocycles. The molecule has 82 valence electrons. The molecule has 15 heavy (non-hydrogen) atoms. The Labute approximate surface area is 87.3 Å². The second kappa shape index (κ2) is 4.37. The van der Waals surface area contributed by atoms with E-state index in [2.05, 4.69) is 15.5 Å². The van der Waals surface area contributed by atoms with Crippen LogP contribution >= 0.6 is 0 Å². The van der Waals surface area contributed by atoms with E-state index in [1.807, 2.05) is 0 Å². The number of tetrazole rings is 1. The van der Waals surface area contributed by atoms with E-state index >= 15 is 0 Å². The van der Waals surface area contributed by atoms with Gasteiger partial charge < -0.3 is 5.11 Å². The average molecular weight is 210 g/mol. The van der Waals surface area contributed by atoms with E-state index in [0.717, 1.165) is 6.54 Å². The molecule has 0 amide bonds. The number of nitrogens with zero attached hydrogens (tertiary/aromatic N) is 4. The molecule has 1 aromatic rings. The van der Waals surface area contributed by atoms with Crippen LogP contribution in [0.15, 0.2) is 0 Å². The molecule has 1 aliphatic rings. The lowest BCUT2D eigenvalue weighted by atomic mass is 9.85. The highest BCUT2D eigenvalue weighted by atomic mass is 16.4. The van der Waals surface area contributed by atoms with E-state index in [-0.39, 0.29) is 6.42 Å². The lowest BCUT2D eigenvalue weighted by Gasteiger charge is -2.24. The number of rotatable bonds is 5. The Bertz CT molecular complexity index is 346. The number of carbonyl (C=O) groups is 1. The van der Waals surface area contributed by atoms with Crippen molar-refractivity contribution in [1.29, 1.82) is 0 Å². The van der Waals surface area contributed by atoms with Crippen LogP contribution in [0.1, 0.15) is 31.5 Å². The first-order chi connectivity index (χ1) is 7.25. The van der Waals surface area contributed by atoms with Gasteiger partial charge in [-0.25, -0.2) is 4.68 Å². The summed E-state index contributed by atoms with van der Waals surface area (Å²) >= 11 is 0. The van der Waals surface area contributed by atoms with E-state index in [0.29, 0.717) is 18.2 Å². The van der Waals surface area contributed by atoms with Gasteiger partial charge in [0.25, 0.3) is 0 Å². The summed E-state index contributed by atoms with van der Waals surface area (Å²) in [5.41, 5.74) is 0. The van der Waals surface area contributed by atoms with Gasteiger partial charge in [-0.05, 0) is 29.2 Å². The molecule has 0 bridgehead atoms. The van der Waals surface area contributed by atoms with Gasteiger partial charge >= 0.3 is 5.97 Å². The maximum Gasteiger partial charge on any atom is 0.303 e. The lowest BCUT2D eigenvalue weighted by molar-refractivity contribution is -0.137. The number of carboxylic acid groups (broad SMARTS) is 1. The third-order valence-corrected chi connectivity index (χ3v) is 2.82. The monoisotopic (exact) mass is 210 g/mol. The van der Waals surface area contributed by atoms with Crippen LogP contribution < -0.4 is 0 Å². The number of hydrogen-bond donors (Lipinski definition) is 1. The topological polar surface area (TPSA) is 80.9 Å². The van der Waals surface area contributed by atoms with Gasteiger partial charge in [0.05, 0.1) is 6.42 Å². The Morgan fingerprint density at radius 3 is 2.93 bits per heavy atom. The summed E-state index contributed by atoms with van der Waals surface area (Å²) < 4.78 is 1.74. The van der Waals surface area contributed by atoms with Crippen molar-refractivity contribution in [2.75, 3.05) is 0 Å². The molecule has 2 rings (SSSR count). The van der Waals surface area contributed by atoms with Crippen LogP contribution in [-0.4, -0.2) is 31.3 Å². The zero-order chi connectivity index (χ0) is 10.7. The summed E-state index contributed by atoms with van der Waals surface area (Å²) in [6, 6.07) is 0. The minimum atomic E-state index is -0.812. The SMILES string of the molecule is O=C(O)CCc1nnnn1CC1CCC1. The highest BCUT2D eigenvalue weighted by molar-refractivity contribution is 5.66. The Morgan fingerprint density at radius 2 is 2.33 bits per heavy atom. The van der Waals surface area contributed by atoms with E-state index in [9.17, 15) is 4.79 Å². The van der Waals surface area contributed by atoms with Gasteiger partial charge in [-0.1, -0.05) is 6.42 Å². The predicted octanol–water partition coefficient (Wildman–Crippen LogP) is 0.490. The van der Waals surface area contributed by atoms with Crippen molar-refractivity contribution in [3.8, 4) is 0 Å². The number of aromatic nitrogens is 4. The summed E-state index contributed by atoms with van der Waals surface area (Å²) in [6.07, 6.45) is 4.26. The van der Waals surface area contributed by atoms with E-state index in [1.165, 1.54) is 19.3 Å². The van der Waals surface area contributed by atoms with Crippen LogP contribution in [0.25, 0.3) is 0 Å². The maximum absolute atomic E-state index is 10.4. The fourth-order valence-electron chi connectivity index (χ4n) is 1.68. The lowest BCUT2D eigenvalue weighted by Crippen LogP contribution is -2.20. The summed E-state index contributed by atoms with van der Waals surface area (Å²) in [7, 11) is 0.